The first-order valence-electron chi connectivity index (χ1n) is 10.5. The first-order chi connectivity index (χ1) is 15.1. The maximum Gasteiger partial charge on any atom is 0.210 e. The molecular formula is C26H25N5. The standard InChI is InChI=1S/C26H25N5/c1-18-9-13-21(14-10-18)27-26-28-25-24(17-30(26)22-15-11-19(2)12-16-22)20(3)29-31(25)23-7-5-4-6-8-23/h4-16H,17H2,1-3H3,(H,27,28). The van der Waals surface area contributed by atoms with E-state index in [0.717, 1.165) is 40.1 Å². The molecule has 1 aromatic heterocycles. The molecular weight excluding hydrogens is 382 g/mol. The number of aryl methyl sites for hydroxylation is 3. The van der Waals surface area contributed by atoms with Gasteiger partial charge in [0.15, 0.2) is 5.82 Å². The minimum Gasteiger partial charge on any atom is -0.326 e. The molecule has 1 N–H and O–H groups in total. The van der Waals surface area contributed by atoms with E-state index in [1.807, 2.05) is 22.9 Å². The van der Waals surface area contributed by atoms with Gasteiger partial charge in [-0.05, 0) is 57.2 Å². The maximum atomic E-state index is 5.07. The quantitative estimate of drug-likeness (QED) is 0.459. The molecule has 31 heavy (non-hydrogen) atoms. The highest BCUT2D eigenvalue weighted by Gasteiger charge is 2.27. The van der Waals surface area contributed by atoms with Gasteiger partial charge in [-0.1, -0.05) is 53.6 Å². The highest BCUT2D eigenvalue weighted by atomic mass is 15.4. The van der Waals surface area contributed by atoms with Crippen LogP contribution in [0.5, 0.6) is 0 Å². The number of hydrogen-bond acceptors (Lipinski definition) is 4. The van der Waals surface area contributed by atoms with Gasteiger partial charge in [-0.15, -0.1) is 0 Å². The van der Waals surface area contributed by atoms with Crippen molar-refractivity contribution in [3.8, 4) is 5.69 Å². The molecule has 2 heterocycles. The zero-order valence-corrected chi connectivity index (χ0v) is 18.0. The van der Waals surface area contributed by atoms with Crippen molar-refractivity contribution in [2.45, 2.75) is 27.3 Å². The molecule has 0 bridgehead atoms. The van der Waals surface area contributed by atoms with Crippen molar-refractivity contribution < 1.29 is 0 Å². The second kappa shape index (κ2) is 7.76. The fourth-order valence-corrected chi connectivity index (χ4v) is 3.79. The molecule has 5 nitrogen and oxygen atoms in total. The lowest BCUT2D eigenvalue weighted by molar-refractivity contribution is 0.860. The molecule has 0 atom stereocenters. The van der Waals surface area contributed by atoms with Crippen LogP contribution in [0.25, 0.3) is 5.69 Å². The molecule has 5 heteroatoms. The second-order valence-corrected chi connectivity index (χ2v) is 7.98. The van der Waals surface area contributed by atoms with Crippen molar-refractivity contribution in [1.82, 2.24) is 9.78 Å². The maximum absolute atomic E-state index is 5.07. The van der Waals surface area contributed by atoms with E-state index >= 15 is 0 Å². The summed E-state index contributed by atoms with van der Waals surface area (Å²) in [5.74, 6) is 1.67. The van der Waals surface area contributed by atoms with Gasteiger partial charge in [-0.3, -0.25) is 0 Å². The lowest BCUT2D eigenvalue weighted by Crippen LogP contribution is -2.38. The number of fused-ring (bicyclic) bond motifs is 1. The van der Waals surface area contributed by atoms with Gasteiger partial charge in [0.25, 0.3) is 0 Å². The highest BCUT2D eigenvalue weighted by molar-refractivity contribution is 6.07. The Hall–Kier alpha value is -3.86. The van der Waals surface area contributed by atoms with Crippen molar-refractivity contribution in [2.24, 2.45) is 4.99 Å². The van der Waals surface area contributed by atoms with Gasteiger partial charge in [0.1, 0.15) is 0 Å². The molecule has 0 unspecified atom stereocenters. The second-order valence-electron chi connectivity index (χ2n) is 7.98. The summed E-state index contributed by atoms with van der Waals surface area (Å²) >= 11 is 0. The van der Waals surface area contributed by atoms with Crippen molar-refractivity contribution >= 4 is 23.2 Å². The van der Waals surface area contributed by atoms with Crippen molar-refractivity contribution in [1.29, 1.82) is 0 Å². The van der Waals surface area contributed by atoms with E-state index < -0.39 is 0 Å². The molecule has 0 spiro atoms. The van der Waals surface area contributed by atoms with Crippen LogP contribution in [0, 0.1) is 20.8 Å². The number of nitrogens with zero attached hydrogens (tertiary/aromatic N) is 4. The van der Waals surface area contributed by atoms with Crippen LogP contribution in [-0.2, 0) is 6.54 Å². The molecule has 3 aromatic carbocycles. The third-order valence-corrected chi connectivity index (χ3v) is 5.60. The number of aliphatic imine (C=N–C) groups is 1. The van der Waals surface area contributed by atoms with Gasteiger partial charge >= 0.3 is 0 Å². The Bertz CT molecular complexity index is 1240. The summed E-state index contributed by atoms with van der Waals surface area (Å²) in [5, 5.41) is 8.35. The number of para-hydroxylation sites is 1. The zero-order chi connectivity index (χ0) is 21.4. The van der Waals surface area contributed by atoms with Crippen LogP contribution >= 0.6 is 0 Å². The van der Waals surface area contributed by atoms with E-state index in [9.17, 15) is 0 Å². The van der Waals surface area contributed by atoms with Crippen LogP contribution in [0.1, 0.15) is 22.4 Å². The summed E-state index contributed by atoms with van der Waals surface area (Å²) < 4.78 is 1.94. The summed E-state index contributed by atoms with van der Waals surface area (Å²) in [4.78, 5) is 7.29. The Morgan fingerprint density at radius 3 is 2.06 bits per heavy atom. The van der Waals surface area contributed by atoms with Crippen LogP contribution in [0.2, 0.25) is 0 Å². The van der Waals surface area contributed by atoms with E-state index in [1.54, 1.807) is 0 Å². The minimum absolute atomic E-state index is 0.703. The number of hydrogen-bond donors (Lipinski definition) is 1. The number of rotatable bonds is 3. The van der Waals surface area contributed by atoms with E-state index in [2.05, 4.69) is 91.7 Å². The average Bonchev–Trinajstić information content (AvgIpc) is 3.11. The van der Waals surface area contributed by atoms with E-state index in [0.29, 0.717) is 6.54 Å². The van der Waals surface area contributed by atoms with Gasteiger partial charge in [-0.2, -0.15) is 10.1 Å². The van der Waals surface area contributed by atoms with Gasteiger partial charge in [0.2, 0.25) is 5.96 Å². The molecule has 0 saturated heterocycles. The number of nitrogens with one attached hydrogen (secondary N) is 1. The molecule has 0 saturated carbocycles. The van der Waals surface area contributed by atoms with Gasteiger partial charge < -0.3 is 10.2 Å². The summed E-state index contributed by atoms with van der Waals surface area (Å²) in [6.45, 7) is 6.95. The summed E-state index contributed by atoms with van der Waals surface area (Å²) in [7, 11) is 0. The molecule has 0 aliphatic carbocycles. The Labute approximate surface area is 182 Å². The van der Waals surface area contributed by atoms with Crippen molar-refractivity contribution in [2.75, 3.05) is 10.2 Å². The van der Waals surface area contributed by atoms with Crippen LogP contribution in [0.15, 0.2) is 83.9 Å². The Balaban J connectivity index is 1.62. The van der Waals surface area contributed by atoms with Crippen LogP contribution in [0.4, 0.5) is 17.2 Å². The SMILES string of the molecule is Cc1ccc(NC2=Nc3c(c(C)nn3-c3ccccc3)CN2c2ccc(C)cc2)cc1. The fraction of sp³-hybridized carbons (Fsp3) is 0.154. The zero-order valence-electron chi connectivity index (χ0n) is 18.0. The van der Waals surface area contributed by atoms with E-state index in [1.165, 1.54) is 11.1 Å². The lowest BCUT2D eigenvalue weighted by atomic mass is 10.1. The average molecular weight is 408 g/mol. The summed E-state index contributed by atoms with van der Waals surface area (Å²) in [5.41, 5.74) is 7.71. The Morgan fingerprint density at radius 2 is 1.39 bits per heavy atom. The number of aromatic nitrogens is 2. The lowest BCUT2D eigenvalue weighted by Gasteiger charge is -2.30. The van der Waals surface area contributed by atoms with Crippen molar-refractivity contribution in [3.05, 3.63) is 101 Å². The topological polar surface area (TPSA) is 45.5 Å². The molecule has 154 valence electrons. The normalized spacial score (nSPS) is 13.0. The monoisotopic (exact) mass is 407 g/mol. The largest absolute Gasteiger partial charge is 0.326 e. The molecule has 1 aliphatic heterocycles. The first kappa shape index (κ1) is 19.1. The first-order valence-corrected chi connectivity index (χ1v) is 10.5. The third-order valence-electron chi connectivity index (χ3n) is 5.60. The van der Waals surface area contributed by atoms with Gasteiger partial charge in [-0.25, -0.2) is 4.68 Å². The minimum atomic E-state index is 0.703. The number of benzene rings is 3. The predicted octanol–water partition coefficient (Wildman–Crippen LogP) is 5.92. The van der Waals surface area contributed by atoms with Crippen molar-refractivity contribution in [3.63, 3.8) is 0 Å². The summed E-state index contributed by atoms with van der Waals surface area (Å²) in [6, 6.07) is 27.1. The molecule has 0 radical (unpaired) electrons. The van der Waals surface area contributed by atoms with Crippen LogP contribution in [0.3, 0.4) is 0 Å². The molecule has 5 rings (SSSR count). The highest BCUT2D eigenvalue weighted by Crippen LogP contribution is 2.34. The Morgan fingerprint density at radius 1 is 0.742 bits per heavy atom. The van der Waals surface area contributed by atoms with E-state index in [-0.39, 0.29) is 0 Å². The molecule has 4 aromatic rings. The van der Waals surface area contributed by atoms with Gasteiger partial charge in [0.05, 0.1) is 17.9 Å². The van der Waals surface area contributed by atoms with Crippen LogP contribution < -0.4 is 10.2 Å². The van der Waals surface area contributed by atoms with E-state index in [4.69, 9.17) is 10.1 Å². The summed E-state index contributed by atoms with van der Waals surface area (Å²) in [6.07, 6.45) is 0. The number of anilines is 2. The Kier molecular flexibility index (Phi) is 4.79. The van der Waals surface area contributed by atoms with Gasteiger partial charge in [0, 0.05) is 16.9 Å². The molecule has 0 fully saturated rings. The molecule has 1 aliphatic rings. The fourth-order valence-electron chi connectivity index (χ4n) is 3.79. The predicted molar refractivity (Wildman–Crippen MR) is 128 cm³/mol. The third kappa shape index (κ3) is 3.70. The molecule has 0 amide bonds. The van der Waals surface area contributed by atoms with Crippen LogP contribution in [-0.4, -0.2) is 15.7 Å². The smallest absolute Gasteiger partial charge is 0.210 e. The number of guanidine groups is 1.